The van der Waals surface area contributed by atoms with E-state index in [0.29, 0.717) is 12.8 Å². The van der Waals surface area contributed by atoms with Gasteiger partial charge in [0.2, 0.25) is 0 Å². The Hall–Kier alpha value is -4.09. The standard InChI is InChI=1S/C22H18F4N6O2/c1-32(20(34)21(7-8-21)31-19(33)13-9-27-12-28-10-13)17-6-5-14(11-29-17)30-18-15(22(24,25)26)3-2-4-16(18)23/h2-6,9-12,30H,7-8H2,1H3,(H,31,33). The largest absolute Gasteiger partial charge is 0.418 e. The summed E-state index contributed by atoms with van der Waals surface area (Å²) in [6.07, 6.45) is 1.25. The molecule has 3 aromatic rings. The molecule has 2 amide bonds. The Morgan fingerprint density at radius 3 is 2.35 bits per heavy atom. The van der Waals surface area contributed by atoms with Crippen LogP contribution in [0.25, 0.3) is 0 Å². The van der Waals surface area contributed by atoms with Crippen molar-refractivity contribution < 1.29 is 27.2 Å². The van der Waals surface area contributed by atoms with E-state index in [1.807, 2.05) is 0 Å². The van der Waals surface area contributed by atoms with Crippen LogP contribution in [-0.2, 0) is 11.0 Å². The topological polar surface area (TPSA) is 100 Å². The molecule has 4 rings (SSSR count). The maximum Gasteiger partial charge on any atom is 0.418 e. The molecule has 1 aliphatic carbocycles. The van der Waals surface area contributed by atoms with Crippen LogP contribution in [0.4, 0.5) is 34.8 Å². The van der Waals surface area contributed by atoms with E-state index in [-0.39, 0.29) is 17.1 Å². The SMILES string of the molecule is CN(C(=O)C1(NC(=O)c2cncnc2)CC1)c1ccc(Nc2c(F)cccc2C(F)(F)F)cn1. The predicted molar refractivity (Wildman–Crippen MR) is 114 cm³/mol. The number of hydrogen-bond donors (Lipinski definition) is 2. The van der Waals surface area contributed by atoms with Crippen molar-refractivity contribution >= 4 is 29.0 Å². The first kappa shape index (κ1) is 23.1. The van der Waals surface area contributed by atoms with Crippen LogP contribution in [0.3, 0.4) is 0 Å². The zero-order valence-corrected chi connectivity index (χ0v) is 17.7. The van der Waals surface area contributed by atoms with Gasteiger partial charge in [0.15, 0.2) is 0 Å². The average molecular weight is 474 g/mol. The second kappa shape index (κ2) is 8.69. The summed E-state index contributed by atoms with van der Waals surface area (Å²) >= 11 is 0. The molecule has 0 spiro atoms. The highest BCUT2D eigenvalue weighted by molar-refractivity contribution is 6.06. The van der Waals surface area contributed by atoms with Crippen molar-refractivity contribution in [3.63, 3.8) is 0 Å². The highest BCUT2D eigenvalue weighted by Gasteiger charge is 2.53. The number of carbonyl (C=O) groups is 2. The average Bonchev–Trinajstić information content (AvgIpc) is 3.60. The highest BCUT2D eigenvalue weighted by atomic mass is 19.4. The number of pyridine rings is 1. The van der Waals surface area contributed by atoms with Crippen molar-refractivity contribution in [2.45, 2.75) is 24.6 Å². The summed E-state index contributed by atoms with van der Waals surface area (Å²) in [5.74, 6) is -1.76. The molecule has 34 heavy (non-hydrogen) atoms. The van der Waals surface area contributed by atoms with Gasteiger partial charge in [0, 0.05) is 19.4 Å². The summed E-state index contributed by atoms with van der Waals surface area (Å²) in [5, 5.41) is 5.11. The number of carbonyl (C=O) groups excluding carboxylic acids is 2. The fourth-order valence-corrected chi connectivity index (χ4v) is 3.34. The smallest absolute Gasteiger partial charge is 0.351 e. The number of amides is 2. The minimum atomic E-state index is -4.75. The Labute approximate surface area is 191 Å². The fraction of sp³-hybridized carbons (Fsp3) is 0.227. The Bertz CT molecular complexity index is 1210. The molecule has 12 heteroatoms. The van der Waals surface area contributed by atoms with Gasteiger partial charge in [0.25, 0.3) is 11.8 Å². The molecule has 1 fully saturated rings. The molecule has 8 nitrogen and oxygen atoms in total. The first-order valence-corrected chi connectivity index (χ1v) is 10.1. The van der Waals surface area contributed by atoms with Crippen molar-refractivity contribution in [1.29, 1.82) is 0 Å². The van der Waals surface area contributed by atoms with E-state index >= 15 is 0 Å². The third-order valence-electron chi connectivity index (χ3n) is 5.32. The molecule has 1 saturated carbocycles. The van der Waals surface area contributed by atoms with Crippen LogP contribution in [0, 0.1) is 5.82 Å². The molecule has 0 radical (unpaired) electrons. The second-order valence-electron chi connectivity index (χ2n) is 7.72. The van der Waals surface area contributed by atoms with Gasteiger partial charge in [-0.1, -0.05) is 6.07 Å². The number of anilines is 3. The number of halogens is 4. The van der Waals surface area contributed by atoms with E-state index in [1.54, 1.807) is 0 Å². The van der Waals surface area contributed by atoms with E-state index in [1.165, 1.54) is 49.0 Å². The molecule has 0 unspecified atom stereocenters. The molecule has 1 aromatic carbocycles. The Morgan fingerprint density at radius 2 is 1.76 bits per heavy atom. The summed E-state index contributed by atoms with van der Waals surface area (Å²) in [6.45, 7) is 0. The minimum Gasteiger partial charge on any atom is -0.351 e. The normalized spacial score (nSPS) is 14.3. The Balaban J connectivity index is 1.47. The van der Waals surface area contributed by atoms with Crippen molar-refractivity contribution in [3.05, 3.63) is 72.2 Å². The van der Waals surface area contributed by atoms with E-state index in [0.717, 1.165) is 18.2 Å². The monoisotopic (exact) mass is 474 g/mol. The molecule has 0 aliphatic heterocycles. The van der Waals surface area contributed by atoms with E-state index in [4.69, 9.17) is 0 Å². The van der Waals surface area contributed by atoms with Crippen molar-refractivity contribution in [1.82, 2.24) is 20.3 Å². The number of rotatable bonds is 6. The van der Waals surface area contributed by atoms with Gasteiger partial charge in [-0.25, -0.2) is 19.3 Å². The number of nitrogens with zero attached hydrogens (tertiary/aromatic N) is 4. The summed E-state index contributed by atoms with van der Waals surface area (Å²) in [7, 11) is 1.47. The Kier molecular flexibility index (Phi) is 5.90. The van der Waals surface area contributed by atoms with E-state index in [2.05, 4.69) is 25.6 Å². The van der Waals surface area contributed by atoms with Gasteiger partial charge >= 0.3 is 6.18 Å². The molecule has 2 heterocycles. The summed E-state index contributed by atoms with van der Waals surface area (Å²) in [5.41, 5.74) is -2.66. The van der Waals surface area contributed by atoms with Crippen LogP contribution in [0.5, 0.6) is 0 Å². The zero-order chi connectivity index (χ0) is 24.5. The quantitative estimate of drug-likeness (QED) is 0.529. The molecule has 176 valence electrons. The van der Waals surface area contributed by atoms with Crippen LogP contribution in [0.1, 0.15) is 28.8 Å². The summed E-state index contributed by atoms with van der Waals surface area (Å²) < 4.78 is 53.7. The molecule has 0 atom stereocenters. The van der Waals surface area contributed by atoms with Crippen LogP contribution in [-0.4, -0.2) is 39.4 Å². The number of aromatic nitrogens is 3. The van der Waals surface area contributed by atoms with Gasteiger partial charge in [0.1, 0.15) is 23.5 Å². The zero-order valence-electron chi connectivity index (χ0n) is 17.7. The molecule has 0 saturated heterocycles. The second-order valence-corrected chi connectivity index (χ2v) is 7.72. The van der Waals surface area contributed by atoms with Gasteiger partial charge in [-0.2, -0.15) is 13.2 Å². The lowest BCUT2D eigenvalue weighted by molar-refractivity contribution is -0.137. The molecule has 2 aromatic heterocycles. The number of benzene rings is 1. The minimum absolute atomic E-state index is 0.0960. The lowest BCUT2D eigenvalue weighted by atomic mass is 10.1. The third-order valence-corrected chi connectivity index (χ3v) is 5.32. The lowest BCUT2D eigenvalue weighted by Gasteiger charge is -2.24. The maximum absolute atomic E-state index is 14.1. The van der Waals surface area contributed by atoms with E-state index < -0.39 is 40.6 Å². The van der Waals surface area contributed by atoms with Crippen LogP contribution in [0.2, 0.25) is 0 Å². The third kappa shape index (κ3) is 4.65. The summed E-state index contributed by atoms with van der Waals surface area (Å²) in [6, 6.07) is 5.43. The number of likely N-dealkylation sites (N-methyl/N-ethyl adjacent to an activating group) is 1. The first-order valence-electron chi connectivity index (χ1n) is 10.1. The van der Waals surface area contributed by atoms with Crippen molar-refractivity contribution in [2.24, 2.45) is 0 Å². The number of alkyl halides is 3. The number of para-hydroxylation sites is 1. The number of hydrogen-bond acceptors (Lipinski definition) is 6. The summed E-state index contributed by atoms with van der Waals surface area (Å²) in [4.78, 5) is 38.3. The predicted octanol–water partition coefficient (Wildman–Crippen LogP) is 3.70. The Morgan fingerprint density at radius 1 is 1.06 bits per heavy atom. The van der Waals surface area contributed by atoms with Crippen LogP contribution >= 0.6 is 0 Å². The van der Waals surface area contributed by atoms with Crippen LogP contribution in [0.15, 0.2) is 55.2 Å². The van der Waals surface area contributed by atoms with Gasteiger partial charge in [-0.05, 0) is 37.1 Å². The van der Waals surface area contributed by atoms with Crippen molar-refractivity contribution in [3.8, 4) is 0 Å². The van der Waals surface area contributed by atoms with Gasteiger partial charge in [0.05, 0.1) is 28.7 Å². The number of nitrogens with one attached hydrogen (secondary N) is 2. The van der Waals surface area contributed by atoms with Gasteiger partial charge in [-0.15, -0.1) is 0 Å². The molecule has 1 aliphatic rings. The fourth-order valence-electron chi connectivity index (χ4n) is 3.34. The highest BCUT2D eigenvalue weighted by Crippen LogP contribution is 2.39. The molecular weight excluding hydrogens is 456 g/mol. The van der Waals surface area contributed by atoms with E-state index in [9.17, 15) is 27.2 Å². The molecular formula is C22H18F4N6O2. The van der Waals surface area contributed by atoms with Crippen LogP contribution < -0.4 is 15.5 Å². The first-order chi connectivity index (χ1) is 16.1. The van der Waals surface area contributed by atoms with Gasteiger partial charge < -0.3 is 10.6 Å². The molecule has 2 N–H and O–H groups in total. The van der Waals surface area contributed by atoms with Gasteiger partial charge in [-0.3, -0.25) is 14.5 Å². The lowest BCUT2D eigenvalue weighted by Crippen LogP contribution is -2.50. The van der Waals surface area contributed by atoms with Crippen molar-refractivity contribution in [2.75, 3.05) is 17.3 Å². The maximum atomic E-state index is 14.1. The molecule has 0 bridgehead atoms.